The molecule has 0 aliphatic heterocycles. The Labute approximate surface area is 134 Å². The third-order valence-electron chi connectivity index (χ3n) is 3.56. The molecule has 1 unspecified atom stereocenters. The van der Waals surface area contributed by atoms with Gasteiger partial charge in [0.2, 0.25) is 0 Å². The van der Waals surface area contributed by atoms with Gasteiger partial charge in [0.15, 0.2) is 11.5 Å². The van der Waals surface area contributed by atoms with Crippen LogP contribution in [0.25, 0.3) is 0 Å². The van der Waals surface area contributed by atoms with Gasteiger partial charge in [0.05, 0.1) is 19.6 Å². The van der Waals surface area contributed by atoms with Crippen molar-refractivity contribution in [3.8, 4) is 11.5 Å². The highest BCUT2D eigenvalue weighted by Gasteiger charge is 2.23. The van der Waals surface area contributed by atoms with Gasteiger partial charge in [-0.1, -0.05) is 24.3 Å². The van der Waals surface area contributed by atoms with Crippen LogP contribution in [0.4, 0.5) is 4.39 Å². The van der Waals surface area contributed by atoms with Gasteiger partial charge in [0.1, 0.15) is 5.82 Å². The van der Waals surface area contributed by atoms with Crippen LogP contribution in [-0.4, -0.2) is 24.8 Å². The molecule has 2 aromatic carbocycles. The predicted octanol–water partition coefficient (Wildman–Crippen LogP) is 3.64. The number of hydrogen-bond acceptors (Lipinski definition) is 3. The summed E-state index contributed by atoms with van der Waals surface area (Å²) in [5.41, 5.74) is 1.28. The number of rotatable bonds is 7. The van der Waals surface area contributed by atoms with E-state index >= 15 is 0 Å². The molecule has 23 heavy (non-hydrogen) atoms. The number of aliphatic carboxylic acids is 1. The third kappa shape index (κ3) is 4.00. The van der Waals surface area contributed by atoms with Crippen LogP contribution < -0.4 is 9.47 Å². The Morgan fingerprint density at radius 1 is 1.22 bits per heavy atom. The molecule has 0 spiro atoms. The molecule has 0 amide bonds. The average molecular weight is 318 g/mol. The molecular formula is C18H19FO4. The van der Waals surface area contributed by atoms with Crippen molar-refractivity contribution in [1.29, 1.82) is 0 Å². The second-order valence-electron chi connectivity index (χ2n) is 5.03. The summed E-state index contributed by atoms with van der Waals surface area (Å²) in [7, 11) is 1.54. The van der Waals surface area contributed by atoms with Crippen molar-refractivity contribution in [2.45, 2.75) is 19.3 Å². The van der Waals surface area contributed by atoms with Gasteiger partial charge in [-0.2, -0.15) is 0 Å². The Morgan fingerprint density at radius 3 is 2.48 bits per heavy atom. The van der Waals surface area contributed by atoms with Gasteiger partial charge in [-0.3, -0.25) is 4.79 Å². The molecule has 4 nitrogen and oxygen atoms in total. The lowest BCUT2D eigenvalue weighted by Gasteiger charge is -2.17. The molecule has 2 rings (SSSR count). The lowest BCUT2D eigenvalue weighted by molar-refractivity contribution is -0.138. The summed E-state index contributed by atoms with van der Waals surface area (Å²) in [6.07, 6.45) is 0.230. The highest BCUT2D eigenvalue weighted by atomic mass is 19.1. The summed E-state index contributed by atoms with van der Waals surface area (Å²) in [6, 6.07) is 10.9. The Kier molecular flexibility index (Phi) is 5.57. The van der Waals surface area contributed by atoms with Crippen molar-refractivity contribution in [1.82, 2.24) is 0 Å². The summed E-state index contributed by atoms with van der Waals surface area (Å²) < 4.78 is 24.0. The van der Waals surface area contributed by atoms with E-state index in [1.54, 1.807) is 12.1 Å². The minimum absolute atomic E-state index is 0.230. The van der Waals surface area contributed by atoms with Gasteiger partial charge in [0, 0.05) is 0 Å². The van der Waals surface area contributed by atoms with Crippen molar-refractivity contribution in [2.24, 2.45) is 0 Å². The molecule has 5 heteroatoms. The van der Waals surface area contributed by atoms with Crippen molar-refractivity contribution in [3.05, 3.63) is 59.4 Å². The van der Waals surface area contributed by atoms with Crippen molar-refractivity contribution in [2.75, 3.05) is 13.7 Å². The second-order valence-corrected chi connectivity index (χ2v) is 5.03. The molecule has 1 atom stereocenters. The molecule has 122 valence electrons. The topological polar surface area (TPSA) is 55.8 Å². The van der Waals surface area contributed by atoms with Gasteiger partial charge in [-0.15, -0.1) is 0 Å². The number of ether oxygens (including phenoxy) is 2. The Morgan fingerprint density at radius 2 is 1.91 bits per heavy atom. The van der Waals surface area contributed by atoms with E-state index in [1.807, 2.05) is 13.0 Å². The van der Waals surface area contributed by atoms with Crippen LogP contribution in [0.3, 0.4) is 0 Å². The number of carboxylic acid groups (broad SMARTS) is 1. The van der Waals surface area contributed by atoms with Crippen LogP contribution in [-0.2, 0) is 11.2 Å². The largest absolute Gasteiger partial charge is 0.493 e. The molecule has 1 N–H and O–H groups in total. The van der Waals surface area contributed by atoms with Crippen LogP contribution in [0.1, 0.15) is 24.0 Å². The molecule has 0 radical (unpaired) electrons. The van der Waals surface area contributed by atoms with Crippen molar-refractivity contribution >= 4 is 5.97 Å². The maximum absolute atomic E-state index is 13.1. The quantitative estimate of drug-likeness (QED) is 0.847. The minimum atomic E-state index is -0.970. The van der Waals surface area contributed by atoms with Crippen LogP contribution in [0.2, 0.25) is 0 Å². The molecule has 0 heterocycles. The fraction of sp³-hybridized carbons (Fsp3) is 0.278. The van der Waals surface area contributed by atoms with E-state index in [0.29, 0.717) is 23.7 Å². The fourth-order valence-electron chi connectivity index (χ4n) is 2.45. The lowest BCUT2D eigenvalue weighted by atomic mass is 9.91. The zero-order chi connectivity index (χ0) is 16.8. The van der Waals surface area contributed by atoms with E-state index in [4.69, 9.17) is 9.47 Å². The Hall–Kier alpha value is -2.56. The number of benzene rings is 2. The molecule has 0 aliphatic rings. The summed E-state index contributed by atoms with van der Waals surface area (Å²) in [4.78, 5) is 11.6. The molecule has 0 bridgehead atoms. The van der Waals surface area contributed by atoms with Crippen molar-refractivity contribution < 1.29 is 23.8 Å². The van der Waals surface area contributed by atoms with E-state index < -0.39 is 17.7 Å². The molecule has 0 fully saturated rings. The smallest absolute Gasteiger partial charge is 0.311 e. The Balaban J connectivity index is 2.37. The molecule has 0 aromatic heterocycles. The first-order chi connectivity index (χ1) is 11.1. The lowest BCUT2D eigenvalue weighted by Crippen LogP contribution is -2.15. The van der Waals surface area contributed by atoms with E-state index in [1.165, 1.54) is 31.4 Å². The summed E-state index contributed by atoms with van der Waals surface area (Å²) in [5.74, 6) is -1.04. The van der Waals surface area contributed by atoms with E-state index in [9.17, 15) is 14.3 Å². The van der Waals surface area contributed by atoms with E-state index in [0.717, 1.165) is 5.56 Å². The number of methoxy groups -OCH3 is 1. The monoisotopic (exact) mass is 318 g/mol. The molecule has 0 saturated heterocycles. The van der Waals surface area contributed by atoms with Gasteiger partial charge in [-0.05, 0) is 42.7 Å². The molecule has 0 aliphatic carbocycles. The average Bonchev–Trinajstić information content (AvgIpc) is 2.54. The summed E-state index contributed by atoms with van der Waals surface area (Å²) in [5, 5.41) is 9.54. The zero-order valence-electron chi connectivity index (χ0n) is 13.1. The number of para-hydroxylation sites is 1. The van der Waals surface area contributed by atoms with Crippen molar-refractivity contribution in [3.63, 3.8) is 0 Å². The first-order valence-corrected chi connectivity index (χ1v) is 7.33. The van der Waals surface area contributed by atoms with Crippen LogP contribution in [0, 0.1) is 5.82 Å². The summed E-state index contributed by atoms with van der Waals surface area (Å²) in [6.45, 7) is 2.30. The van der Waals surface area contributed by atoms with Gasteiger partial charge in [0.25, 0.3) is 0 Å². The zero-order valence-corrected chi connectivity index (χ0v) is 13.1. The van der Waals surface area contributed by atoms with Gasteiger partial charge < -0.3 is 14.6 Å². The molecule has 0 saturated carbocycles. The number of halogens is 1. The number of hydrogen-bond donors (Lipinski definition) is 1. The number of carbonyl (C=O) groups is 1. The molecule has 2 aromatic rings. The fourth-order valence-corrected chi connectivity index (χ4v) is 2.45. The van der Waals surface area contributed by atoms with E-state index in [-0.39, 0.29) is 6.42 Å². The molecular weight excluding hydrogens is 299 g/mol. The van der Waals surface area contributed by atoms with E-state index in [2.05, 4.69) is 0 Å². The maximum Gasteiger partial charge on any atom is 0.311 e. The first-order valence-electron chi connectivity index (χ1n) is 7.33. The van der Waals surface area contributed by atoms with Crippen LogP contribution >= 0.6 is 0 Å². The Bertz CT molecular complexity index is 667. The third-order valence-corrected chi connectivity index (χ3v) is 3.56. The maximum atomic E-state index is 13.1. The first kappa shape index (κ1) is 16.8. The minimum Gasteiger partial charge on any atom is -0.493 e. The normalized spacial score (nSPS) is 11.8. The van der Waals surface area contributed by atoms with Crippen LogP contribution in [0.15, 0.2) is 42.5 Å². The standard InChI is InChI=1S/C18H19FO4/c1-3-23-17-13(5-4-6-16(17)22-2)11-15(18(20)21)12-7-9-14(19)10-8-12/h4-10,15H,3,11H2,1-2H3,(H,20,21). The van der Waals surface area contributed by atoms with Gasteiger partial charge >= 0.3 is 5.97 Å². The van der Waals surface area contributed by atoms with Crippen LogP contribution in [0.5, 0.6) is 11.5 Å². The van der Waals surface area contributed by atoms with Gasteiger partial charge in [-0.25, -0.2) is 4.39 Å². The SMILES string of the molecule is CCOc1c(CC(C(=O)O)c2ccc(F)cc2)cccc1OC. The highest BCUT2D eigenvalue weighted by Crippen LogP contribution is 2.34. The second kappa shape index (κ2) is 7.63. The summed E-state index contributed by atoms with van der Waals surface area (Å²) >= 11 is 0. The predicted molar refractivity (Wildman–Crippen MR) is 84.6 cm³/mol. The number of carboxylic acids is 1. The highest BCUT2D eigenvalue weighted by molar-refractivity contribution is 5.76.